The molecule has 0 aliphatic heterocycles. The first-order valence-electron chi connectivity index (χ1n) is 9.67. The number of amides is 1. The first-order chi connectivity index (χ1) is 15.4. The highest BCUT2D eigenvalue weighted by Crippen LogP contribution is 2.28. The minimum absolute atomic E-state index is 0.0688. The summed E-state index contributed by atoms with van der Waals surface area (Å²) < 4.78 is 40.3. The SMILES string of the molecule is CCOc1ccc(C(=O)N/N=C/c2ccc(OS(=O)(=O)c3ccccc3)cc2)cc1OC. The third kappa shape index (κ3) is 5.86. The number of hydrogen-bond donors (Lipinski definition) is 1. The van der Waals surface area contributed by atoms with Gasteiger partial charge in [-0.2, -0.15) is 13.5 Å². The van der Waals surface area contributed by atoms with Crippen LogP contribution >= 0.6 is 0 Å². The van der Waals surface area contributed by atoms with Crippen molar-refractivity contribution in [3.05, 3.63) is 83.9 Å². The molecule has 0 bridgehead atoms. The second-order valence-electron chi connectivity index (χ2n) is 6.42. The fourth-order valence-electron chi connectivity index (χ4n) is 2.68. The second-order valence-corrected chi connectivity index (χ2v) is 7.96. The van der Waals surface area contributed by atoms with E-state index >= 15 is 0 Å². The highest BCUT2D eigenvalue weighted by atomic mass is 32.2. The number of carbonyl (C=O) groups is 1. The minimum atomic E-state index is -3.91. The Morgan fingerprint density at radius 3 is 2.38 bits per heavy atom. The van der Waals surface area contributed by atoms with E-state index in [1.807, 2.05) is 6.92 Å². The van der Waals surface area contributed by atoms with Crippen molar-refractivity contribution in [2.45, 2.75) is 11.8 Å². The van der Waals surface area contributed by atoms with Gasteiger partial charge in [-0.05, 0) is 67.1 Å². The Bertz CT molecular complexity index is 1190. The average molecular weight is 455 g/mol. The van der Waals surface area contributed by atoms with E-state index in [9.17, 15) is 13.2 Å². The number of nitrogens with zero attached hydrogens (tertiary/aromatic N) is 1. The molecular weight excluding hydrogens is 432 g/mol. The van der Waals surface area contributed by atoms with E-state index in [4.69, 9.17) is 13.7 Å². The van der Waals surface area contributed by atoms with Crippen LogP contribution in [0.3, 0.4) is 0 Å². The molecule has 0 heterocycles. The molecule has 32 heavy (non-hydrogen) atoms. The molecule has 0 unspecified atom stereocenters. The van der Waals surface area contributed by atoms with Gasteiger partial charge in [0.1, 0.15) is 10.6 Å². The molecule has 1 amide bonds. The summed E-state index contributed by atoms with van der Waals surface area (Å²) in [5.74, 6) is 0.740. The standard InChI is InChI=1S/C23H22N2O6S/c1-3-30-21-14-11-18(15-22(21)29-2)23(26)25-24-16-17-9-12-19(13-10-17)31-32(27,28)20-7-5-4-6-8-20/h4-16H,3H2,1-2H3,(H,25,26)/b24-16+. The van der Waals surface area contributed by atoms with Gasteiger partial charge < -0.3 is 13.7 Å². The zero-order chi connectivity index (χ0) is 23.0. The Morgan fingerprint density at radius 2 is 1.72 bits per heavy atom. The van der Waals surface area contributed by atoms with E-state index in [2.05, 4.69) is 10.5 Å². The monoisotopic (exact) mass is 454 g/mol. The van der Waals surface area contributed by atoms with Crippen molar-refractivity contribution >= 4 is 22.2 Å². The van der Waals surface area contributed by atoms with E-state index in [1.165, 1.54) is 37.6 Å². The predicted octanol–water partition coefficient (Wildman–Crippen LogP) is 3.63. The molecule has 0 saturated carbocycles. The summed E-state index contributed by atoms with van der Waals surface area (Å²) in [5, 5.41) is 3.93. The molecule has 0 radical (unpaired) electrons. The lowest BCUT2D eigenvalue weighted by atomic mass is 10.2. The maximum atomic E-state index is 12.3. The zero-order valence-corrected chi connectivity index (χ0v) is 18.3. The third-order valence-electron chi connectivity index (χ3n) is 4.22. The molecule has 8 nitrogen and oxygen atoms in total. The van der Waals surface area contributed by atoms with E-state index in [1.54, 1.807) is 48.5 Å². The number of nitrogens with one attached hydrogen (secondary N) is 1. The van der Waals surface area contributed by atoms with E-state index in [-0.39, 0.29) is 10.6 Å². The lowest BCUT2D eigenvalue weighted by Crippen LogP contribution is -2.17. The zero-order valence-electron chi connectivity index (χ0n) is 17.5. The smallest absolute Gasteiger partial charge is 0.339 e. The Kier molecular flexibility index (Phi) is 7.45. The summed E-state index contributed by atoms with van der Waals surface area (Å²) in [4.78, 5) is 12.4. The van der Waals surface area contributed by atoms with Crippen LogP contribution in [-0.2, 0) is 10.1 Å². The van der Waals surface area contributed by atoms with Gasteiger partial charge in [-0.3, -0.25) is 4.79 Å². The van der Waals surface area contributed by atoms with Crippen molar-refractivity contribution < 1.29 is 26.9 Å². The fourth-order valence-corrected chi connectivity index (χ4v) is 3.64. The molecule has 0 aliphatic rings. The summed E-state index contributed by atoms with van der Waals surface area (Å²) in [5.41, 5.74) is 3.43. The normalized spacial score (nSPS) is 11.2. The van der Waals surface area contributed by atoms with Crippen LogP contribution in [0.25, 0.3) is 0 Å². The first kappa shape index (κ1) is 22.8. The summed E-state index contributed by atoms with van der Waals surface area (Å²) >= 11 is 0. The summed E-state index contributed by atoms with van der Waals surface area (Å²) in [6.45, 7) is 2.34. The van der Waals surface area contributed by atoms with Crippen LogP contribution in [-0.4, -0.2) is 34.3 Å². The Balaban J connectivity index is 1.61. The Hall–Kier alpha value is -3.85. The number of benzene rings is 3. The van der Waals surface area contributed by atoms with Crippen molar-refractivity contribution in [1.82, 2.24) is 5.43 Å². The largest absolute Gasteiger partial charge is 0.493 e. The molecule has 0 atom stereocenters. The number of hydrogen-bond acceptors (Lipinski definition) is 7. The van der Waals surface area contributed by atoms with Gasteiger partial charge in [0.2, 0.25) is 0 Å². The average Bonchev–Trinajstić information content (AvgIpc) is 2.81. The maximum absolute atomic E-state index is 12.3. The second kappa shape index (κ2) is 10.5. The highest BCUT2D eigenvalue weighted by molar-refractivity contribution is 7.87. The summed E-state index contributed by atoms with van der Waals surface area (Å²) in [7, 11) is -2.41. The molecule has 9 heteroatoms. The Labute approximate surface area is 186 Å². The van der Waals surface area contributed by atoms with Crippen LogP contribution in [0.4, 0.5) is 0 Å². The van der Waals surface area contributed by atoms with E-state index in [0.717, 1.165) is 0 Å². The molecule has 3 aromatic carbocycles. The highest BCUT2D eigenvalue weighted by Gasteiger charge is 2.15. The fraction of sp³-hybridized carbons (Fsp3) is 0.130. The van der Waals surface area contributed by atoms with Gasteiger partial charge in [-0.25, -0.2) is 5.43 Å². The van der Waals surface area contributed by atoms with Crippen LogP contribution in [0.15, 0.2) is 82.8 Å². The van der Waals surface area contributed by atoms with Crippen LogP contribution in [0, 0.1) is 0 Å². The van der Waals surface area contributed by atoms with Crippen LogP contribution < -0.4 is 19.1 Å². The van der Waals surface area contributed by atoms with E-state index < -0.39 is 16.0 Å². The summed E-state index contributed by atoms with van der Waals surface area (Å²) in [6, 6.07) is 18.9. The van der Waals surface area contributed by atoms with Crippen molar-refractivity contribution in [2.24, 2.45) is 5.10 Å². The summed E-state index contributed by atoms with van der Waals surface area (Å²) in [6.07, 6.45) is 1.43. The number of methoxy groups -OCH3 is 1. The molecule has 0 aliphatic carbocycles. The van der Waals surface area contributed by atoms with Crippen molar-refractivity contribution in [3.8, 4) is 17.2 Å². The van der Waals surface area contributed by atoms with Crippen molar-refractivity contribution in [3.63, 3.8) is 0 Å². The number of carbonyl (C=O) groups excluding carboxylic acids is 1. The molecule has 0 fully saturated rings. The molecular formula is C23H22N2O6S. The molecule has 0 spiro atoms. The van der Waals surface area contributed by atoms with Crippen molar-refractivity contribution in [2.75, 3.05) is 13.7 Å². The van der Waals surface area contributed by atoms with Crippen molar-refractivity contribution in [1.29, 1.82) is 0 Å². The lowest BCUT2D eigenvalue weighted by molar-refractivity contribution is 0.0954. The van der Waals surface area contributed by atoms with Crippen LogP contribution in [0.1, 0.15) is 22.8 Å². The first-order valence-corrected chi connectivity index (χ1v) is 11.1. The van der Waals surface area contributed by atoms with Gasteiger partial charge in [0.15, 0.2) is 11.5 Å². The van der Waals surface area contributed by atoms with Gasteiger partial charge in [-0.15, -0.1) is 0 Å². The molecule has 166 valence electrons. The van der Waals surface area contributed by atoms with Gasteiger partial charge in [0, 0.05) is 5.56 Å². The molecule has 1 N–H and O–H groups in total. The van der Waals surface area contributed by atoms with Gasteiger partial charge in [0.25, 0.3) is 5.91 Å². The van der Waals surface area contributed by atoms with Crippen LogP contribution in [0.2, 0.25) is 0 Å². The maximum Gasteiger partial charge on any atom is 0.339 e. The van der Waals surface area contributed by atoms with Crippen LogP contribution in [0.5, 0.6) is 17.2 Å². The third-order valence-corrected chi connectivity index (χ3v) is 5.48. The number of hydrazone groups is 1. The lowest BCUT2D eigenvalue weighted by Gasteiger charge is -2.10. The predicted molar refractivity (Wildman–Crippen MR) is 120 cm³/mol. The van der Waals surface area contributed by atoms with E-state index in [0.29, 0.717) is 29.2 Å². The Morgan fingerprint density at radius 1 is 1.00 bits per heavy atom. The van der Waals surface area contributed by atoms with Gasteiger partial charge >= 0.3 is 10.1 Å². The van der Waals surface area contributed by atoms with Gasteiger partial charge in [-0.1, -0.05) is 18.2 Å². The molecule has 3 rings (SSSR count). The number of ether oxygens (including phenoxy) is 2. The molecule has 0 saturated heterocycles. The topological polar surface area (TPSA) is 103 Å². The minimum Gasteiger partial charge on any atom is -0.493 e. The molecule has 0 aromatic heterocycles. The quantitative estimate of drug-likeness (QED) is 0.301. The number of rotatable bonds is 9. The molecule has 3 aromatic rings. The van der Waals surface area contributed by atoms with Gasteiger partial charge in [0.05, 0.1) is 19.9 Å².